The van der Waals surface area contributed by atoms with Gasteiger partial charge in [0.1, 0.15) is 0 Å². The van der Waals surface area contributed by atoms with E-state index < -0.39 is 0 Å². The Morgan fingerprint density at radius 3 is 2.82 bits per heavy atom. The van der Waals surface area contributed by atoms with Gasteiger partial charge in [-0.15, -0.1) is 0 Å². The molecule has 0 N–H and O–H groups in total. The molecule has 3 aliphatic rings. The zero-order valence-electron chi connectivity index (χ0n) is 11.6. The molecule has 0 unspecified atom stereocenters. The Labute approximate surface area is 107 Å². The number of unbranched alkanes of at least 4 members (excludes halogenated alkanes) is 1. The highest BCUT2D eigenvalue weighted by atomic mass is 15.3. The van der Waals surface area contributed by atoms with Crippen LogP contribution in [0, 0.1) is 5.92 Å². The average Bonchev–Trinajstić information content (AvgIpc) is 2.79. The second-order valence-electron chi connectivity index (χ2n) is 6.72. The summed E-state index contributed by atoms with van der Waals surface area (Å²) in [5.41, 5.74) is 0.689. The SMILES string of the molecule is CCCC[C@H]1CC[C@@H]2CCCC[C@]23CCCN13. The minimum Gasteiger partial charge on any atom is -0.294 e. The topological polar surface area (TPSA) is 3.24 Å². The largest absolute Gasteiger partial charge is 0.294 e. The predicted molar refractivity (Wildman–Crippen MR) is 73.2 cm³/mol. The smallest absolute Gasteiger partial charge is 0.0241 e. The first-order valence-corrected chi connectivity index (χ1v) is 8.13. The van der Waals surface area contributed by atoms with E-state index in [2.05, 4.69) is 11.8 Å². The second kappa shape index (κ2) is 4.91. The van der Waals surface area contributed by atoms with Crippen molar-refractivity contribution in [2.45, 2.75) is 89.1 Å². The maximum Gasteiger partial charge on any atom is 0.0241 e. The quantitative estimate of drug-likeness (QED) is 0.702. The van der Waals surface area contributed by atoms with Crippen LogP contribution in [0.25, 0.3) is 0 Å². The number of piperidine rings is 1. The molecule has 0 aromatic rings. The average molecular weight is 235 g/mol. The van der Waals surface area contributed by atoms with Crippen molar-refractivity contribution in [2.24, 2.45) is 5.92 Å². The van der Waals surface area contributed by atoms with Crippen molar-refractivity contribution < 1.29 is 0 Å². The molecule has 0 aromatic heterocycles. The highest BCUT2D eigenvalue weighted by Crippen LogP contribution is 2.52. The van der Waals surface area contributed by atoms with Gasteiger partial charge in [0, 0.05) is 11.6 Å². The summed E-state index contributed by atoms with van der Waals surface area (Å²) in [4.78, 5) is 3.00. The molecule has 0 amide bonds. The number of nitrogens with zero attached hydrogens (tertiary/aromatic N) is 1. The van der Waals surface area contributed by atoms with Crippen LogP contribution in [0.4, 0.5) is 0 Å². The monoisotopic (exact) mass is 235 g/mol. The van der Waals surface area contributed by atoms with Crippen LogP contribution >= 0.6 is 0 Å². The zero-order chi connectivity index (χ0) is 11.7. The van der Waals surface area contributed by atoms with E-state index in [1.807, 2.05) is 0 Å². The van der Waals surface area contributed by atoms with Crippen LogP contribution in [0.5, 0.6) is 0 Å². The van der Waals surface area contributed by atoms with Crippen molar-refractivity contribution in [3.8, 4) is 0 Å². The zero-order valence-corrected chi connectivity index (χ0v) is 11.6. The van der Waals surface area contributed by atoms with Gasteiger partial charge >= 0.3 is 0 Å². The summed E-state index contributed by atoms with van der Waals surface area (Å²) >= 11 is 0. The molecule has 3 atom stereocenters. The third kappa shape index (κ3) is 1.95. The summed E-state index contributed by atoms with van der Waals surface area (Å²) in [7, 11) is 0. The van der Waals surface area contributed by atoms with Gasteiger partial charge in [0.2, 0.25) is 0 Å². The molecule has 1 nitrogen and oxygen atoms in total. The normalized spacial score (nSPS) is 42.2. The van der Waals surface area contributed by atoms with E-state index in [9.17, 15) is 0 Å². The molecular weight excluding hydrogens is 206 g/mol. The molecule has 0 bridgehead atoms. The molecule has 2 aliphatic heterocycles. The fraction of sp³-hybridized carbons (Fsp3) is 1.00. The second-order valence-corrected chi connectivity index (χ2v) is 6.72. The highest BCUT2D eigenvalue weighted by molar-refractivity contribution is 5.07. The van der Waals surface area contributed by atoms with Gasteiger partial charge in [0.05, 0.1) is 0 Å². The Hall–Kier alpha value is -0.0400. The van der Waals surface area contributed by atoms with Crippen LogP contribution in [0.3, 0.4) is 0 Å². The van der Waals surface area contributed by atoms with Gasteiger partial charge in [-0.1, -0.05) is 32.6 Å². The molecular formula is C16H29N. The van der Waals surface area contributed by atoms with Crippen LogP contribution in [0.15, 0.2) is 0 Å². The van der Waals surface area contributed by atoms with E-state index >= 15 is 0 Å². The van der Waals surface area contributed by atoms with E-state index in [0.717, 1.165) is 12.0 Å². The highest BCUT2D eigenvalue weighted by Gasteiger charge is 2.52. The van der Waals surface area contributed by atoms with E-state index in [-0.39, 0.29) is 0 Å². The minimum absolute atomic E-state index is 0.689. The first kappa shape index (κ1) is 12.0. The van der Waals surface area contributed by atoms with E-state index in [1.54, 1.807) is 6.42 Å². The maximum atomic E-state index is 3.00. The number of hydrogen-bond acceptors (Lipinski definition) is 1. The van der Waals surface area contributed by atoms with E-state index in [4.69, 9.17) is 0 Å². The van der Waals surface area contributed by atoms with Crippen LogP contribution in [0.2, 0.25) is 0 Å². The van der Waals surface area contributed by atoms with Gasteiger partial charge in [-0.05, 0) is 57.4 Å². The summed E-state index contributed by atoms with van der Waals surface area (Å²) in [6, 6.07) is 0.951. The van der Waals surface area contributed by atoms with E-state index in [1.165, 1.54) is 70.8 Å². The van der Waals surface area contributed by atoms with Crippen molar-refractivity contribution in [1.82, 2.24) is 4.90 Å². The Balaban J connectivity index is 1.76. The van der Waals surface area contributed by atoms with Gasteiger partial charge < -0.3 is 0 Å². The fourth-order valence-corrected chi connectivity index (χ4v) is 5.17. The summed E-state index contributed by atoms with van der Waals surface area (Å²) in [6.07, 6.45) is 16.5. The Morgan fingerprint density at radius 2 is 1.94 bits per heavy atom. The van der Waals surface area contributed by atoms with Crippen LogP contribution in [-0.4, -0.2) is 23.0 Å². The van der Waals surface area contributed by atoms with Crippen molar-refractivity contribution in [3.63, 3.8) is 0 Å². The third-order valence-electron chi connectivity index (χ3n) is 5.93. The molecule has 17 heavy (non-hydrogen) atoms. The molecule has 2 saturated heterocycles. The van der Waals surface area contributed by atoms with Crippen LogP contribution in [0.1, 0.15) is 77.6 Å². The van der Waals surface area contributed by atoms with Crippen molar-refractivity contribution in [1.29, 1.82) is 0 Å². The molecule has 0 radical (unpaired) electrons. The molecule has 1 heteroatoms. The molecule has 2 heterocycles. The third-order valence-corrected chi connectivity index (χ3v) is 5.93. The first-order valence-electron chi connectivity index (χ1n) is 8.13. The molecule has 1 aliphatic carbocycles. The lowest BCUT2D eigenvalue weighted by Gasteiger charge is -2.55. The molecule has 0 aromatic carbocycles. The van der Waals surface area contributed by atoms with Crippen molar-refractivity contribution in [2.75, 3.05) is 6.54 Å². The van der Waals surface area contributed by atoms with Gasteiger partial charge in [-0.2, -0.15) is 0 Å². The minimum atomic E-state index is 0.689. The molecule has 98 valence electrons. The number of hydrogen-bond donors (Lipinski definition) is 0. The summed E-state index contributed by atoms with van der Waals surface area (Å²) in [5.74, 6) is 1.07. The van der Waals surface area contributed by atoms with Crippen molar-refractivity contribution >= 4 is 0 Å². The van der Waals surface area contributed by atoms with Crippen LogP contribution in [-0.2, 0) is 0 Å². The van der Waals surface area contributed by atoms with Crippen molar-refractivity contribution in [3.05, 3.63) is 0 Å². The lowest BCUT2D eigenvalue weighted by Crippen LogP contribution is -2.58. The standard InChI is InChI=1S/C16H29N/c1-2-3-8-15-10-9-14-7-4-5-11-16(14)12-6-13-17(15)16/h14-15H,2-13H2,1H3/t14-,15-,16-/m0/s1. The van der Waals surface area contributed by atoms with Gasteiger partial charge in [-0.25, -0.2) is 0 Å². The maximum absolute atomic E-state index is 3.00. The molecule has 1 saturated carbocycles. The molecule has 3 rings (SSSR count). The lowest BCUT2D eigenvalue weighted by atomic mass is 9.66. The molecule has 3 fully saturated rings. The van der Waals surface area contributed by atoms with Gasteiger partial charge in [0.25, 0.3) is 0 Å². The lowest BCUT2D eigenvalue weighted by molar-refractivity contribution is -0.0417. The molecule has 1 spiro atoms. The first-order chi connectivity index (χ1) is 8.37. The predicted octanol–water partition coefficient (Wildman–Crippen LogP) is 4.36. The Bertz CT molecular complexity index is 262. The van der Waals surface area contributed by atoms with Gasteiger partial charge in [0.15, 0.2) is 0 Å². The Morgan fingerprint density at radius 1 is 1.06 bits per heavy atom. The van der Waals surface area contributed by atoms with Crippen LogP contribution < -0.4 is 0 Å². The summed E-state index contributed by atoms with van der Waals surface area (Å²) in [6.45, 7) is 3.76. The Kier molecular flexibility index (Phi) is 3.47. The summed E-state index contributed by atoms with van der Waals surface area (Å²) in [5, 5.41) is 0. The van der Waals surface area contributed by atoms with E-state index in [0.29, 0.717) is 5.54 Å². The number of rotatable bonds is 3. The van der Waals surface area contributed by atoms with Gasteiger partial charge in [-0.3, -0.25) is 4.90 Å². The summed E-state index contributed by atoms with van der Waals surface area (Å²) < 4.78 is 0. The fourth-order valence-electron chi connectivity index (χ4n) is 5.17.